The number of nitrogens with zero attached hydrogens (tertiary/aromatic N) is 3. The van der Waals surface area contributed by atoms with E-state index in [4.69, 9.17) is 0 Å². The maximum atomic E-state index is 12.9. The van der Waals surface area contributed by atoms with Crippen LogP contribution in [-0.2, 0) is 4.79 Å². The molecule has 1 amide bonds. The SMILES string of the molecule is O=C(O)[C@H]1CN(C(=O)c2ccnn2C2CCCC2)C[C@@H]1C1CC1. The number of hydrogen-bond donors (Lipinski definition) is 1. The molecule has 0 aromatic carbocycles. The van der Waals surface area contributed by atoms with Gasteiger partial charge in [-0.2, -0.15) is 5.10 Å². The van der Waals surface area contributed by atoms with Crippen molar-refractivity contribution in [3.8, 4) is 0 Å². The van der Waals surface area contributed by atoms with Gasteiger partial charge in [0, 0.05) is 19.3 Å². The van der Waals surface area contributed by atoms with E-state index in [-0.39, 0.29) is 11.8 Å². The summed E-state index contributed by atoms with van der Waals surface area (Å²) in [5.74, 6) is -0.604. The molecule has 0 radical (unpaired) electrons. The lowest BCUT2D eigenvalue weighted by atomic mass is 9.92. The normalized spacial score (nSPS) is 28.4. The molecule has 23 heavy (non-hydrogen) atoms. The van der Waals surface area contributed by atoms with Crippen LogP contribution in [0.3, 0.4) is 0 Å². The largest absolute Gasteiger partial charge is 0.481 e. The van der Waals surface area contributed by atoms with Crippen LogP contribution in [0.4, 0.5) is 0 Å². The highest BCUT2D eigenvalue weighted by molar-refractivity contribution is 5.93. The van der Waals surface area contributed by atoms with Crippen molar-refractivity contribution in [2.75, 3.05) is 13.1 Å². The average Bonchev–Trinajstić information content (AvgIpc) is 3.02. The molecule has 0 bridgehead atoms. The number of carboxylic acid groups (broad SMARTS) is 1. The minimum atomic E-state index is -0.762. The first-order valence-corrected chi connectivity index (χ1v) is 8.70. The van der Waals surface area contributed by atoms with E-state index in [2.05, 4.69) is 5.10 Å². The third-order valence-electron chi connectivity index (χ3n) is 5.76. The molecule has 0 unspecified atom stereocenters. The summed E-state index contributed by atoms with van der Waals surface area (Å²) >= 11 is 0. The van der Waals surface area contributed by atoms with Gasteiger partial charge >= 0.3 is 5.97 Å². The molecule has 4 rings (SSSR count). The second-order valence-corrected chi connectivity index (χ2v) is 7.26. The summed E-state index contributed by atoms with van der Waals surface area (Å²) in [6.07, 6.45) is 8.43. The zero-order valence-electron chi connectivity index (χ0n) is 13.2. The molecule has 1 saturated heterocycles. The van der Waals surface area contributed by atoms with Gasteiger partial charge in [-0.15, -0.1) is 0 Å². The maximum absolute atomic E-state index is 12.9. The van der Waals surface area contributed by atoms with Gasteiger partial charge in [-0.05, 0) is 43.6 Å². The lowest BCUT2D eigenvalue weighted by Gasteiger charge is -2.19. The van der Waals surface area contributed by atoms with Crippen molar-refractivity contribution in [2.24, 2.45) is 17.8 Å². The van der Waals surface area contributed by atoms with Gasteiger partial charge in [-0.1, -0.05) is 12.8 Å². The zero-order valence-corrected chi connectivity index (χ0v) is 13.2. The smallest absolute Gasteiger partial charge is 0.308 e. The standard InChI is InChI=1S/C17H23N3O3/c21-16(15-7-8-18-20(15)12-3-1-2-4-12)19-9-13(11-5-6-11)14(10-19)17(22)23/h7-8,11-14H,1-6,9-10H2,(H,22,23)/t13-,14+/m1/s1. The Balaban J connectivity index is 1.53. The highest BCUT2D eigenvalue weighted by Gasteiger charge is 2.47. The number of carbonyl (C=O) groups excluding carboxylic acids is 1. The van der Waals surface area contributed by atoms with Crippen LogP contribution >= 0.6 is 0 Å². The molecular formula is C17H23N3O3. The van der Waals surface area contributed by atoms with E-state index in [1.54, 1.807) is 17.2 Å². The molecule has 2 saturated carbocycles. The molecule has 124 valence electrons. The molecule has 0 spiro atoms. The van der Waals surface area contributed by atoms with Gasteiger partial charge in [0.05, 0.1) is 12.0 Å². The Hall–Kier alpha value is -1.85. The summed E-state index contributed by atoms with van der Waals surface area (Å²) in [6, 6.07) is 2.10. The van der Waals surface area contributed by atoms with Crippen LogP contribution in [0.5, 0.6) is 0 Å². The van der Waals surface area contributed by atoms with Crippen LogP contribution in [0.2, 0.25) is 0 Å². The molecule has 1 aromatic heterocycles. The van der Waals surface area contributed by atoms with E-state index in [0.29, 0.717) is 30.7 Å². The number of carboxylic acids is 1. The van der Waals surface area contributed by atoms with E-state index in [9.17, 15) is 14.7 Å². The van der Waals surface area contributed by atoms with E-state index >= 15 is 0 Å². The lowest BCUT2D eigenvalue weighted by Crippen LogP contribution is -2.32. The monoisotopic (exact) mass is 317 g/mol. The second-order valence-electron chi connectivity index (χ2n) is 7.26. The van der Waals surface area contributed by atoms with Crippen molar-refractivity contribution in [3.05, 3.63) is 18.0 Å². The first-order chi connectivity index (χ1) is 11.1. The molecule has 6 heteroatoms. The zero-order chi connectivity index (χ0) is 16.0. The highest BCUT2D eigenvalue weighted by atomic mass is 16.4. The van der Waals surface area contributed by atoms with E-state index < -0.39 is 11.9 Å². The topological polar surface area (TPSA) is 75.4 Å². The number of hydrogen-bond acceptors (Lipinski definition) is 3. The van der Waals surface area contributed by atoms with Gasteiger partial charge in [-0.25, -0.2) is 0 Å². The highest BCUT2D eigenvalue weighted by Crippen LogP contribution is 2.44. The third kappa shape index (κ3) is 2.64. The molecule has 3 fully saturated rings. The summed E-state index contributed by atoms with van der Waals surface area (Å²) in [5, 5.41) is 13.8. The van der Waals surface area contributed by atoms with Crippen molar-refractivity contribution in [3.63, 3.8) is 0 Å². The maximum Gasteiger partial charge on any atom is 0.308 e. The van der Waals surface area contributed by atoms with Gasteiger partial charge in [0.1, 0.15) is 5.69 Å². The van der Waals surface area contributed by atoms with Gasteiger partial charge in [0.25, 0.3) is 5.91 Å². The van der Waals surface area contributed by atoms with Crippen LogP contribution < -0.4 is 0 Å². The number of likely N-dealkylation sites (tertiary alicyclic amines) is 1. The quantitative estimate of drug-likeness (QED) is 0.923. The molecule has 2 heterocycles. The Morgan fingerprint density at radius 2 is 1.87 bits per heavy atom. The molecule has 2 atom stereocenters. The Labute approximate surface area is 135 Å². The first kappa shape index (κ1) is 14.7. The van der Waals surface area contributed by atoms with Crippen molar-refractivity contribution < 1.29 is 14.7 Å². The van der Waals surface area contributed by atoms with Crippen molar-refractivity contribution in [2.45, 2.75) is 44.6 Å². The first-order valence-electron chi connectivity index (χ1n) is 8.70. The predicted molar refractivity (Wildman–Crippen MR) is 83.0 cm³/mol. The Kier molecular flexibility index (Phi) is 3.62. The van der Waals surface area contributed by atoms with Crippen LogP contribution in [0.15, 0.2) is 12.3 Å². The predicted octanol–water partition coefficient (Wildman–Crippen LogP) is 2.18. The fourth-order valence-electron chi connectivity index (χ4n) is 4.34. The van der Waals surface area contributed by atoms with Gasteiger partial charge < -0.3 is 10.0 Å². The summed E-state index contributed by atoms with van der Waals surface area (Å²) in [6.45, 7) is 0.918. The number of amides is 1. The van der Waals surface area contributed by atoms with E-state index in [1.165, 1.54) is 12.8 Å². The molecule has 1 aromatic rings. The van der Waals surface area contributed by atoms with Crippen LogP contribution in [0.1, 0.15) is 55.1 Å². The molecule has 2 aliphatic carbocycles. The fraction of sp³-hybridized carbons (Fsp3) is 0.706. The Morgan fingerprint density at radius 3 is 2.52 bits per heavy atom. The number of aliphatic carboxylic acids is 1. The molecule has 1 aliphatic heterocycles. The Bertz CT molecular complexity index is 616. The molecular weight excluding hydrogens is 294 g/mol. The van der Waals surface area contributed by atoms with Crippen molar-refractivity contribution in [1.29, 1.82) is 0 Å². The van der Waals surface area contributed by atoms with Crippen molar-refractivity contribution >= 4 is 11.9 Å². The van der Waals surface area contributed by atoms with Gasteiger partial charge in [0.15, 0.2) is 0 Å². The van der Waals surface area contributed by atoms with E-state index in [1.807, 2.05) is 4.68 Å². The molecule has 1 N–H and O–H groups in total. The fourth-order valence-corrected chi connectivity index (χ4v) is 4.34. The summed E-state index contributed by atoms with van der Waals surface area (Å²) in [4.78, 5) is 26.2. The van der Waals surface area contributed by atoms with Crippen LogP contribution in [0, 0.1) is 17.8 Å². The summed E-state index contributed by atoms with van der Waals surface area (Å²) in [7, 11) is 0. The molecule has 6 nitrogen and oxygen atoms in total. The second kappa shape index (κ2) is 5.65. The molecule has 3 aliphatic rings. The van der Waals surface area contributed by atoms with Crippen LogP contribution in [0.25, 0.3) is 0 Å². The van der Waals surface area contributed by atoms with Gasteiger partial charge in [0.2, 0.25) is 0 Å². The minimum Gasteiger partial charge on any atom is -0.481 e. The number of aromatic nitrogens is 2. The Morgan fingerprint density at radius 1 is 1.13 bits per heavy atom. The minimum absolute atomic E-state index is 0.0520. The van der Waals surface area contributed by atoms with E-state index in [0.717, 1.165) is 25.7 Å². The number of carbonyl (C=O) groups is 2. The summed E-state index contributed by atoms with van der Waals surface area (Å²) < 4.78 is 1.87. The lowest BCUT2D eigenvalue weighted by molar-refractivity contribution is -0.142. The summed E-state index contributed by atoms with van der Waals surface area (Å²) in [5.41, 5.74) is 0.623. The average molecular weight is 317 g/mol. The van der Waals surface area contributed by atoms with Crippen molar-refractivity contribution in [1.82, 2.24) is 14.7 Å². The van der Waals surface area contributed by atoms with Gasteiger partial charge in [-0.3, -0.25) is 14.3 Å². The third-order valence-corrected chi connectivity index (χ3v) is 5.76. The van der Waals surface area contributed by atoms with Crippen LogP contribution in [-0.4, -0.2) is 44.8 Å². The number of rotatable bonds is 4.